The van der Waals surface area contributed by atoms with Crippen molar-refractivity contribution in [2.75, 3.05) is 14.2 Å². The molecule has 0 unspecified atom stereocenters. The zero-order valence-corrected chi connectivity index (χ0v) is 13.0. The number of carbonyl (C=O) groups excluding carboxylic acids is 1. The maximum atomic E-state index is 12.1. The number of ether oxygens (including phenoxy) is 2. The van der Waals surface area contributed by atoms with Crippen LogP contribution in [-0.4, -0.2) is 26.3 Å². The van der Waals surface area contributed by atoms with E-state index in [0.29, 0.717) is 17.1 Å². The van der Waals surface area contributed by atoms with E-state index < -0.39 is 0 Å². The van der Waals surface area contributed by atoms with Gasteiger partial charge in [0.25, 0.3) is 5.91 Å². The largest absolute Gasteiger partial charge is 0.497 e. The first-order chi connectivity index (χ1) is 11.2. The molecule has 0 saturated carbocycles. The molecule has 0 aromatic heterocycles. The van der Waals surface area contributed by atoms with Crippen LogP contribution in [0, 0.1) is 0 Å². The van der Waals surface area contributed by atoms with Crippen molar-refractivity contribution in [3.8, 4) is 11.5 Å². The van der Waals surface area contributed by atoms with E-state index in [1.54, 1.807) is 31.4 Å². The number of hydrogen-bond acceptors (Lipinski definition) is 4. The molecule has 0 aliphatic carbocycles. The minimum absolute atomic E-state index is 0.353. The van der Waals surface area contributed by atoms with Crippen LogP contribution < -0.4 is 14.9 Å². The summed E-state index contributed by atoms with van der Waals surface area (Å²) in [7, 11) is 3.05. The third-order valence-corrected chi connectivity index (χ3v) is 3.07. The molecule has 0 aliphatic rings. The summed E-state index contributed by atoms with van der Waals surface area (Å²) >= 11 is 0. The van der Waals surface area contributed by atoms with Crippen LogP contribution in [0.1, 0.15) is 15.9 Å². The van der Waals surface area contributed by atoms with Crippen molar-refractivity contribution in [1.29, 1.82) is 0 Å². The highest BCUT2D eigenvalue weighted by Crippen LogP contribution is 2.24. The van der Waals surface area contributed by atoms with Crippen LogP contribution >= 0.6 is 0 Å². The summed E-state index contributed by atoms with van der Waals surface area (Å²) in [5.74, 6) is 0.693. The van der Waals surface area contributed by atoms with E-state index in [1.165, 1.54) is 13.3 Å². The summed E-state index contributed by atoms with van der Waals surface area (Å²) in [6.45, 7) is 0. The Hall–Kier alpha value is -3.08. The van der Waals surface area contributed by atoms with Gasteiger partial charge in [-0.3, -0.25) is 4.79 Å². The minimum Gasteiger partial charge on any atom is -0.497 e. The monoisotopic (exact) mass is 310 g/mol. The van der Waals surface area contributed by atoms with Crippen molar-refractivity contribution < 1.29 is 14.3 Å². The standard InChI is InChI=1S/C18H18N2O3/c1-22-15-10-11-16(17(13-15)23-2)18(21)20-19-12-6-9-14-7-4-3-5-8-14/h3-13H,1-2H3,(H,20,21)/b9-6+,19-12-. The van der Waals surface area contributed by atoms with E-state index in [1.807, 2.05) is 36.4 Å². The van der Waals surface area contributed by atoms with E-state index in [2.05, 4.69) is 10.5 Å². The van der Waals surface area contributed by atoms with E-state index in [-0.39, 0.29) is 5.91 Å². The molecule has 0 atom stereocenters. The zero-order chi connectivity index (χ0) is 16.5. The first kappa shape index (κ1) is 16.3. The average Bonchev–Trinajstić information content (AvgIpc) is 2.61. The minimum atomic E-state index is -0.353. The molecule has 2 rings (SSSR count). The summed E-state index contributed by atoms with van der Waals surface area (Å²) in [4.78, 5) is 12.1. The Morgan fingerprint density at radius 1 is 1.09 bits per heavy atom. The molecule has 0 bridgehead atoms. The molecule has 1 amide bonds. The SMILES string of the molecule is COc1ccc(C(=O)N/N=C\C=C\c2ccccc2)c(OC)c1. The Morgan fingerprint density at radius 2 is 1.87 bits per heavy atom. The van der Waals surface area contributed by atoms with Crippen LogP contribution in [0.2, 0.25) is 0 Å². The lowest BCUT2D eigenvalue weighted by atomic mass is 10.2. The Labute approximate surface area is 135 Å². The second-order valence-electron chi connectivity index (χ2n) is 4.56. The predicted octanol–water partition coefficient (Wildman–Crippen LogP) is 3.13. The Bertz CT molecular complexity index is 709. The van der Waals surface area contributed by atoms with Gasteiger partial charge >= 0.3 is 0 Å². The van der Waals surface area contributed by atoms with Gasteiger partial charge in [0.15, 0.2) is 0 Å². The number of carbonyl (C=O) groups is 1. The summed E-state index contributed by atoms with van der Waals surface area (Å²) in [5.41, 5.74) is 3.90. The van der Waals surface area contributed by atoms with Gasteiger partial charge < -0.3 is 9.47 Å². The number of methoxy groups -OCH3 is 2. The third-order valence-electron chi connectivity index (χ3n) is 3.07. The smallest absolute Gasteiger partial charge is 0.275 e. The summed E-state index contributed by atoms with van der Waals surface area (Å²) in [6, 6.07) is 14.8. The van der Waals surface area contributed by atoms with E-state index >= 15 is 0 Å². The molecule has 5 nitrogen and oxygen atoms in total. The van der Waals surface area contributed by atoms with Crippen molar-refractivity contribution >= 4 is 18.2 Å². The number of rotatable bonds is 6. The van der Waals surface area contributed by atoms with Crippen molar-refractivity contribution in [3.63, 3.8) is 0 Å². The van der Waals surface area contributed by atoms with Crippen LogP contribution in [-0.2, 0) is 0 Å². The first-order valence-corrected chi connectivity index (χ1v) is 7.01. The highest BCUT2D eigenvalue weighted by Gasteiger charge is 2.12. The fourth-order valence-electron chi connectivity index (χ4n) is 1.90. The van der Waals surface area contributed by atoms with Crippen LogP contribution in [0.15, 0.2) is 59.7 Å². The predicted molar refractivity (Wildman–Crippen MR) is 91.0 cm³/mol. The molecule has 5 heteroatoms. The first-order valence-electron chi connectivity index (χ1n) is 7.01. The van der Waals surface area contributed by atoms with Gasteiger partial charge in [0.1, 0.15) is 11.5 Å². The Morgan fingerprint density at radius 3 is 2.57 bits per heavy atom. The molecule has 2 aromatic carbocycles. The molecule has 23 heavy (non-hydrogen) atoms. The molecule has 0 aliphatic heterocycles. The second-order valence-corrected chi connectivity index (χ2v) is 4.56. The molecule has 0 spiro atoms. The molecule has 0 saturated heterocycles. The van der Waals surface area contributed by atoms with Gasteiger partial charge in [0.05, 0.1) is 19.8 Å². The number of benzene rings is 2. The highest BCUT2D eigenvalue weighted by atomic mass is 16.5. The number of hydrogen-bond donors (Lipinski definition) is 1. The molecule has 1 N–H and O–H groups in total. The van der Waals surface area contributed by atoms with Crippen LogP contribution in [0.4, 0.5) is 0 Å². The molecule has 0 radical (unpaired) electrons. The summed E-state index contributed by atoms with van der Waals surface area (Å²) in [5, 5.41) is 3.88. The van der Waals surface area contributed by atoms with Gasteiger partial charge in [0, 0.05) is 12.3 Å². The second kappa shape index (κ2) is 8.38. The van der Waals surface area contributed by atoms with E-state index in [4.69, 9.17) is 9.47 Å². The lowest BCUT2D eigenvalue weighted by Gasteiger charge is -2.08. The quantitative estimate of drug-likeness (QED) is 0.658. The van der Waals surface area contributed by atoms with Crippen molar-refractivity contribution in [1.82, 2.24) is 5.43 Å². The van der Waals surface area contributed by atoms with Gasteiger partial charge in [-0.25, -0.2) is 5.43 Å². The number of hydrazone groups is 1. The van der Waals surface area contributed by atoms with Gasteiger partial charge in [-0.1, -0.05) is 36.4 Å². The van der Waals surface area contributed by atoms with Crippen LogP contribution in [0.25, 0.3) is 6.08 Å². The maximum Gasteiger partial charge on any atom is 0.275 e. The van der Waals surface area contributed by atoms with Crippen LogP contribution in [0.3, 0.4) is 0 Å². The van der Waals surface area contributed by atoms with Crippen LogP contribution in [0.5, 0.6) is 11.5 Å². The molecule has 2 aromatic rings. The van der Waals surface area contributed by atoms with Crippen molar-refractivity contribution in [2.24, 2.45) is 5.10 Å². The normalized spacial score (nSPS) is 10.9. The third kappa shape index (κ3) is 4.71. The van der Waals surface area contributed by atoms with Crippen molar-refractivity contribution in [2.45, 2.75) is 0 Å². The fraction of sp³-hybridized carbons (Fsp3) is 0.111. The number of nitrogens with zero attached hydrogens (tertiary/aromatic N) is 1. The Balaban J connectivity index is 1.97. The van der Waals surface area contributed by atoms with Gasteiger partial charge in [-0.05, 0) is 23.8 Å². The number of allylic oxidation sites excluding steroid dienone is 1. The number of nitrogens with one attached hydrogen (secondary N) is 1. The molecule has 0 heterocycles. The van der Waals surface area contributed by atoms with Gasteiger partial charge in [0.2, 0.25) is 0 Å². The number of amides is 1. The molecule has 118 valence electrons. The van der Waals surface area contributed by atoms with Gasteiger partial charge in [-0.15, -0.1) is 0 Å². The van der Waals surface area contributed by atoms with E-state index in [9.17, 15) is 4.79 Å². The maximum absolute atomic E-state index is 12.1. The summed E-state index contributed by atoms with van der Waals surface area (Å²) in [6.07, 6.45) is 5.16. The lowest BCUT2D eigenvalue weighted by molar-refractivity contribution is 0.0952. The molecule has 0 fully saturated rings. The van der Waals surface area contributed by atoms with E-state index in [0.717, 1.165) is 5.56 Å². The zero-order valence-electron chi connectivity index (χ0n) is 13.0. The lowest BCUT2D eigenvalue weighted by Crippen LogP contribution is -2.18. The summed E-state index contributed by atoms with van der Waals surface area (Å²) < 4.78 is 10.3. The topological polar surface area (TPSA) is 59.9 Å². The highest BCUT2D eigenvalue weighted by molar-refractivity contribution is 5.97. The van der Waals surface area contributed by atoms with Crippen molar-refractivity contribution in [3.05, 3.63) is 65.7 Å². The molecular weight excluding hydrogens is 292 g/mol. The average molecular weight is 310 g/mol. The molecular formula is C18H18N2O3. The van der Waals surface area contributed by atoms with Gasteiger partial charge in [-0.2, -0.15) is 5.10 Å². The fourth-order valence-corrected chi connectivity index (χ4v) is 1.90. The Kier molecular flexibility index (Phi) is 5.94.